The van der Waals surface area contributed by atoms with Crippen molar-refractivity contribution in [1.29, 1.82) is 5.41 Å². The standard InChI is InChI=1S/C14H24N2O/c1-6-8-10(3)17-12(5)14(11(4)15)13(16)9-7-2/h7,9-10,15H,2,6,8,16H2,1,3-5H3/b13-9+,14-12+,15-11?/t10-/m0/s1. The molecule has 1 atom stereocenters. The fraction of sp³-hybridized carbons (Fsp3) is 0.500. The van der Waals surface area contributed by atoms with E-state index in [0.29, 0.717) is 22.7 Å². The Balaban J connectivity index is 5.06. The zero-order valence-corrected chi connectivity index (χ0v) is 11.3. The van der Waals surface area contributed by atoms with Crippen molar-refractivity contribution in [2.45, 2.75) is 46.6 Å². The Hall–Kier alpha value is -1.51. The molecule has 0 rings (SSSR count). The van der Waals surface area contributed by atoms with Crippen molar-refractivity contribution >= 4 is 5.71 Å². The van der Waals surface area contributed by atoms with Gasteiger partial charge >= 0.3 is 0 Å². The molecule has 0 unspecified atom stereocenters. The van der Waals surface area contributed by atoms with Crippen molar-refractivity contribution in [2.24, 2.45) is 5.73 Å². The van der Waals surface area contributed by atoms with Gasteiger partial charge in [-0.15, -0.1) is 0 Å². The van der Waals surface area contributed by atoms with E-state index in [2.05, 4.69) is 13.5 Å². The van der Waals surface area contributed by atoms with E-state index in [4.69, 9.17) is 15.9 Å². The zero-order valence-electron chi connectivity index (χ0n) is 11.3. The third-order valence-corrected chi connectivity index (χ3v) is 2.39. The van der Waals surface area contributed by atoms with Crippen LogP contribution in [-0.2, 0) is 4.74 Å². The number of allylic oxidation sites excluding steroid dienone is 4. The fourth-order valence-corrected chi connectivity index (χ4v) is 1.72. The van der Waals surface area contributed by atoms with Gasteiger partial charge in [0.25, 0.3) is 0 Å². The van der Waals surface area contributed by atoms with Crippen molar-refractivity contribution in [1.82, 2.24) is 0 Å². The Morgan fingerprint density at radius 3 is 2.47 bits per heavy atom. The molecule has 17 heavy (non-hydrogen) atoms. The molecule has 0 spiro atoms. The van der Waals surface area contributed by atoms with E-state index in [9.17, 15) is 0 Å². The lowest BCUT2D eigenvalue weighted by molar-refractivity contribution is 0.123. The van der Waals surface area contributed by atoms with E-state index in [-0.39, 0.29) is 6.10 Å². The van der Waals surface area contributed by atoms with E-state index in [1.807, 2.05) is 13.8 Å². The summed E-state index contributed by atoms with van der Waals surface area (Å²) in [5, 5.41) is 7.74. The summed E-state index contributed by atoms with van der Waals surface area (Å²) in [5.41, 5.74) is 7.48. The Bertz CT molecular complexity index is 340. The molecule has 96 valence electrons. The van der Waals surface area contributed by atoms with Crippen LogP contribution in [0.1, 0.15) is 40.5 Å². The second-order valence-electron chi connectivity index (χ2n) is 4.13. The van der Waals surface area contributed by atoms with Crippen LogP contribution in [0.2, 0.25) is 0 Å². The number of hydrogen-bond acceptors (Lipinski definition) is 3. The second kappa shape index (κ2) is 7.71. The molecule has 0 radical (unpaired) electrons. The summed E-state index contributed by atoms with van der Waals surface area (Å²) in [7, 11) is 0. The molecule has 0 aliphatic carbocycles. The van der Waals surface area contributed by atoms with Crippen LogP contribution in [0.5, 0.6) is 0 Å². The van der Waals surface area contributed by atoms with Crippen molar-refractivity contribution in [3.05, 3.63) is 35.8 Å². The van der Waals surface area contributed by atoms with Crippen LogP contribution in [0.15, 0.2) is 35.8 Å². The Morgan fingerprint density at radius 2 is 2.06 bits per heavy atom. The first-order chi connectivity index (χ1) is 7.93. The highest BCUT2D eigenvalue weighted by Crippen LogP contribution is 2.17. The lowest BCUT2D eigenvalue weighted by Crippen LogP contribution is -2.14. The van der Waals surface area contributed by atoms with E-state index in [0.717, 1.165) is 12.8 Å². The van der Waals surface area contributed by atoms with Crippen LogP contribution in [0.25, 0.3) is 0 Å². The first-order valence-corrected chi connectivity index (χ1v) is 5.95. The number of ether oxygens (including phenoxy) is 1. The van der Waals surface area contributed by atoms with Crippen LogP contribution in [-0.4, -0.2) is 11.8 Å². The molecule has 0 fully saturated rings. The minimum absolute atomic E-state index is 0.144. The van der Waals surface area contributed by atoms with Gasteiger partial charge in [-0.3, -0.25) is 0 Å². The van der Waals surface area contributed by atoms with Gasteiger partial charge in [-0.25, -0.2) is 0 Å². The molecular weight excluding hydrogens is 212 g/mol. The molecule has 0 saturated carbocycles. The highest BCUT2D eigenvalue weighted by Gasteiger charge is 2.11. The van der Waals surface area contributed by atoms with E-state index >= 15 is 0 Å². The average Bonchev–Trinajstić information content (AvgIpc) is 2.17. The molecule has 0 aromatic carbocycles. The van der Waals surface area contributed by atoms with Gasteiger partial charge in [-0.05, 0) is 33.3 Å². The monoisotopic (exact) mass is 236 g/mol. The van der Waals surface area contributed by atoms with Crippen LogP contribution < -0.4 is 5.73 Å². The summed E-state index contributed by atoms with van der Waals surface area (Å²) in [6.07, 6.45) is 5.51. The minimum Gasteiger partial charge on any atom is -0.495 e. The molecule has 0 aromatic heterocycles. The quantitative estimate of drug-likeness (QED) is 0.403. The number of rotatable bonds is 7. The molecule has 0 aliphatic rings. The molecule has 0 amide bonds. The summed E-state index contributed by atoms with van der Waals surface area (Å²) < 4.78 is 5.77. The summed E-state index contributed by atoms with van der Waals surface area (Å²) in [6, 6.07) is 0. The van der Waals surface area contributed by atoms with Crippen molar-refractivity contribution < 1.29 is 4.74 Å². The number of nitrogens with two attached hydrogens (primary N) is 1. The van der Waals surface area contributed by atoms with Gasteiger partial charge in [0.05, 0.1) is 11.7 Å². The molecule has 3 nitrogen and oxygen atoms in total. The Kier molecular flexibility index (Phi) is 7.03. The summed E-state index contributed by atoms with van der Waals surface area (Å²) in [6.45, 7) is 11.3. The fourth-order valence-electron chi connectivity index (χ4n) is 1.72. The first kappa shape index (κ1) is 15.5. The predicted octanol–water partition coefficient (Wildman–Crippen LogP) is 3.53. The van der Waals surface area contributed by atoms with Crippen LogP contribution in [0.3, 0.4) is 0 Å². The van der Waals surface area contributed by atoms with Crippen LogP contribution in [0, 0.1) is 5.41 Å². The van der Waals surface area contributed by atoms with Gasteiger partial charge in [0.15, 0.2) is 0 Å². The second-order valence-corrected chi connectivity index (χ2v) is 4.13. The van der Waals surface area contributed by atoms with E-state index < -0.39 is 0 Å². The number of hydrogen-bond donors (Lipinski definition) is 2. The minimum atomic E-state index is 0.144. The number of nitrogens with one attached hydrogen (secondary N) is 1. The molecule has 3 N–H and O–H groups in total. The lowest BCUT2D eigenvalue weighted by atomic mass is 10.1. The van der Waals surface area contributed by atoms with Gasteiger partial charge in [-0.2, -0.15) is 0 Å². The highest BCUT2D eigenvalue weighted by atomic mass is 16.5. The summed E-state index contributed by atoms with van der Waals surface area (Å²) in [4.78, 5) is 0. The molecule has 0 aromatic rings. The molecule has 0 heterocycles. The van der Waals surface area contributed by atoms with E-state index in [1.54, 1.807) is 19.1 Å². The molecule has 0 bridgehead atoms. The maximum atomic E-state index is 7.74. The van der Waals surface area contributed by atoms with Gasteiger partial charge in [0.1, 0.15) is 5.76 Å². The van der Waals surface area contributed by atoms with Crippen molar-refractivity contribution in [3.8, 4) is 0 Å². The summed E-state index contributed by atoms with van der Waals surface area (Å²) in [5.74, 6) is 0.703. The predicted molar refractivity (Wildman–Crippen MR) is 74.0 cm³/mol. The van der Waals surface area contributed by atoms with Crippen LogP contribution >= 0.6 is 0 Å². The smallest absolute Gasteiger partial charge is 0.104 e. The first-order valence-electron chi connectivity index (χ1n) is 5.95. The highest BCUT2D eigenvalue weighted by molar-refractivity contribution is 6.00. The normalized spacial score (nSPS) is 14.9. The summed E-state index contributed by atoms with van der Waals surface area (Å²) >= 11 is 0. The van der Waals surface area contributed by atoms with Crippen molar-refractivity contribution in [3.63, 3.8) is 0 Å². The van der Waals surface area contributed by atoms with Crippen LogP contribution in [0.4, 0.5) is 0 Å². The molecular formula is C14H24N2O. The van der Waals surface area contributed by atoms with Gasteiger partial charge in [-0.1, -0.05) is 26.0 Å². The van der Waals surface area contributed by atoms with Gasteiger partial charge in [0.2, 0.25) is 0 Å². The topological polar surface area (TPSA) is 59.1 Å². The molecule has 3 heteroatoms. The Labute approximate surface area is 105 Å². The maximum Gasteiger partial charge on any atom is 0.104 e. The third kappa shape index (κ3) is 5.38. The average molecular weight is 236 g/mol. The SMILES string of the molecule is C=C/C=C(N)\C(C(C)=N)=C(/C)O[C@@H](C)CCC. The van der Waals surface area contributed by atoms with Gasteiger partial charge in [0, 0.05) is 11.4 Å². The molecule has 0 saturated heterocycles. The molecule has 0 aliphatic heterocycles. The maximum absolute atomic E-state index is 7.74. The van der Waals surface area contributed by atoms with Gasteiger partial charge < -0.3 is 15.9 Å². The zero-order chi connectivity index (χ0) is 13.4. The third-order valence-electron chi connectivity index (χ3n) is 2.39. The largest absolute Gasteiger partial charge is 0.495 e. The Morgan fingerprint density at radius 1 is 1.47 bits per heavy atom. The lowest BCUT2D eigenvalue weighted by Gasteiger charge is -2.18. The van der Waals surface area contributed by atoms with E-state index in [1.165, 1.54) is 0 Å². The van der Waals surface area contributed by atoms with Crippen molar-refractivity contribution in [2.75, 3.05) is 0 Å².